The second-order valence-electron chi connectivity index (χ2n) is 3.12. The third-order valence-corrected chi connectivity index (χ3v) is 1.90. The number of hydrogen-bond donors (Lipinski definition) is 0. The van der Waals surface area contributed by atoms with Crippen LogP contribution in [0.4, 0.5) is 0 Å². The second-order valence-corrected chi connectivity index (χ2v) is 3.12. The van der Waals surface area contributed by atoms with E-state index in [4.69, 9.17) is 0 Å². The molecule has 0 aliphatic rings. The van der Waals surface area contributed by atoms with Crippen LogP contribution in [0.1, 0.15) is 41.5 Å². The standard InChI is InChI=1S/C16H20.2C2H6/c1-5-9-12-15(8-4)13-14-16(10-6-2)11-7-3;2*1-2/h5-14H,1-2H2,3-4H3;2*1-2H3/b11-7-,12-9-,14-13+,15-8+,16-10+;;. The molecule has 0 aliphatic carbocycles. The molecule has 0 saturated heterocycles. The summed E-state index contributed by atoms with van der Waals surface area (Å²) in [6.45, 7) is 19.4. The lowest BCUT2D eigenvalue weighted by Gasteiger charge is -1.94. The maximum atomic E-state index is 3.69. The lowest BCUT2D eigenvalue weighted by atomic mass is 10.1. The maximum Gasteiger partial charge on any atom is -0.0260 e. The first-order chi connectivity index (χ1) is 9.78. The fraction of sp³-hybridized carbons (Fsp3) is 0.300. The summed E-state index contributed by atoms with van der Waals surface area (Å²) in [6, 6.07) is 0. The van der Waals surface area contributed by atoms with Gasteiger partial charge in [-0.25, -0.2) is 0 Å². The Morgan fingerprint density at radius 1 is 0.700 bits per heavy atom. The summed E-state index contributed by atoms with van der Waals surface area (Å²) in [5, 5.41) is 0. The molecule has 0 aromatic heterocycles. The van der Waals surface area contributed by atoms with Crippen LogP contribution in [0.2, 0.25) is 0 Å². The van der Waals surface area contributed by atoms with Crippen molar-refractivity contribution in [2.45, 2.75) is 41.5 Å². The molecule has 112 valence electrons. The highest BCUT2D eigenvalue weighted by molar-refractivity contribution is 5.40. The van der Waals surface area contributed by atoms with Gasteiger partial charge in [0.05, 0.1) is 0 Å². The molecule has 0 aliphatic heterocycles. The highest BCUT2D eigenvalue weighted by Crippen LogP contribution is 2.05. The Bertz CT molecular complexity index is 357. The fourth-order valence-corrected chi connectivity index (χ4v) is 1.11. The average molecular weight is 272 g/mol. The van der Waals surface area contributed by atoms with Crippen LogP contribution in [0.15, 0.2) is 85.1 Å². The van der Waals surface area contributed by atoms with Crippen molar-refractivity contribution in [1.82, 2.24) is 0 Å². The number of allylic oxidation sites excluding steroid dienone is 12. The molecular weight excluding hydrogens is 240 g/mol. The van der Waals surface area contributed by atoms with Crippen molar-refractivity contribution in [2.75, 3.05) is 0 Å². The minimum Gasteiger partial charge on any atom is -0.0991 e. The van der Waals surface area contributed by atoms with Gasteiger partial charge in [0.15, 0.2) is 0 Å². The first-order valence-corrected chi connectivity index (χ1v) is 7.37. The highest BCUT2D eigenvalue weighted by atomic mass is 13.9. The van der Waals surface area contributed by atoms with Crippen LogP contribution < -0.4 is 0 Å². The Hall–Kier alpha value is -1.82. The van der Waals surface area contributed by atoms with Gasteiger partial charge in [-0.15, -0.1) is 0 Å². The van der Waals surface area contributed by atoms with E-state index in [1.807, 2.05) is 71.9 Å². The van der Waals surface area contributed by atoms with Gasteiger partial charge in [-0.05, 0) is 25.0 Å². The van der Waals surface area contributed by atoms with Crippen molar-refractivity contribution in [1.29, 1.82) is 0 Å². The molecule has 0 rings (SSSR count). The smallest absolute Gasteiger partial charge is 0.0260 e. The van der Waals surface area contributed by atoms with Gasteiger partial charge in [0.2, 0.25) is 0 Å². The Balaban J connectivity index is -0.000000656. The Morgan fingerprint density at radius 3 is 1.65 bits per heavy atom. The normalized spacial score (nSPS) is 11.9. The van der Waals surface area contributed by atoms with E-state index in [1.54, 1.807) is 12.2 Å². The zero-order valence-corrected chi connectivity index (χ0v) is 14.2. The van der Waals surface area contributed by atoms with E-state index in [1.165, 1.54) is 0 Å². The van der Waals surface area contributed by atoms with E-state index < -0.39 is 0 Å². The summed E-state index contributed by atoms with van der Waals surface area (Å²) in [6.07, 6.45) is 19.7. The van der Waals surface area contributed by atoms with Crippen LogP contribution in [0, 0.1) is 0 Å². The van der Waals surface area contributed by atoms with Crippen molar-refractivity contribution in [3.05, 3.63) is 85.1 Å². The predicted molar refractivity (Wildman–Crippen MR) is 98.0 cm³/mol. The van der Waals surface area contributed by atoms with E-state index in [9.17, 15) is 0 Å². The van der Waals surface area contributed by atoms with E-state index in [0.29, 0.717) is 0 Å². The lowest BCUT2D eigenvalue weighted by molar-refractivity contribution is 1.50. The SMILES string of the molecule is C=C\C=C/C(/C=C/C(/C=C\C)=C/C=C)=C\C.CC.CC. The zero-order valence-electron chi connectivity index (χ0n) is 14.2. The third-order valence-electron chi connectivity index (χ3n) is 1.90. The van der Waals surface area contributed by atoms with Crippen LogP contribution in [0.25, 0.3) is 0 Å². The van der Waals surface area contributed by atoms with Gasteiger partial charge in [-0.3, -0.25) is 0 Å². The van der Waals surface area contributed by atoms with Crippen molar-refractivity contribution in [3.63, 3.8) is 0 Å². The molecule has 0 bridgehead atoms. The van der Waals surface area contributed by atoms with Crippen LogP contribution >= 0.6 is 0 Å². The molecule has 0 atom stereocenters. The molecule has 0 aromatic carbocycles. The van der Waals surface area contributed by atoms with E-state index >= 15 is 0 Å². The quantitative estimate of drug-likeness (QED) is 0.458. The summed E-state index contributed by atoms with van der Waals surface area (Å²) in [4.78, 5) is 0. The molecule has 0 heteroatoms. The molecule has 0 heterocycles. The molecule has 0 radical (unpaired) electrons. The van der Waals surface area contributed by atoms with Gasteiger partial charge in [0.1, 0.15) is 0 Å². The Labute approximate surface area is 127 Å². The minimum atomic E-state index is 1.13. The molecule has 0 amide bonds. The Kier molecular flexibility index (Phi) is 26.0. The largest absolute Gasteiger partial charge is 0.0991 e. The van der Waals surface area contributed by atoms with E-state index in [2.05, 4.69) is 31.4 Å². The van der Waals surface area contributed by atoms with E-state index in [0.717, 1.165) is 11.1 Å². The van der Waals surface area contributed by atoms with Gasteiger partial charge in [0.25, 0.3) is 0 Å². The minimum absolute atomic E-state index is 1.13. The summed E-state index contributed by atoms with van der Waals surface area (Å²) >= 11 is 0. The predicted octanol–water partition coefficient (Wildman–Crippen LogP) is 6.97. The topological polar surface area (TPSA) is 0 Å². The van der Waals surface area contributed by atoms with Gasteiger partial charge >= 0.3 is 0 Å². The van der Waals surface area contributed by atoms with Crippen molar-refractivity contribution in [2.24, 2.45) is 0 Å². The lowest BCUT2D eigenvalue weighted by Crippen LogP contribution is -1.73. The molecule has 0 nitrogen and oxygen atoms in total. The molecule has 20 heavy (non-hydrogen) atoms. The zero-order chi connectivity index (χ0) is 16.2. The summed E-state index contributed by atoms with van der Waals surface area (Å²) < 4.78 is 0. The molecule has 0 unspecified atom stereocenters. The fourth-order valence-electron chi connectivity index (χ4n) is 1.11. The van der Waals surface area contributed by atoms with Crippen LogP contribution in [0.5, 0.6) is 0 Å². The summed E-state index contributed by atoms with van der Waals surface area (Å²) in [5.41, 5.74) is 2.28. The van der Waals surface area contributed by atoms with Crippen molar-refractivity contribution in [3.8, 4) is 0 Å². The van der Waals surface area contributed by atoms with Crippen LogP contribution in [0.3, 0.4) is 0 Å². The molecule has 0 N–H and O–H groups in total. The molecule has 0 saturated carbocycles. The van der Waals surface area contributed by atoms with Gasteiger partial charge in [-0.2, -0.15) is 0 Å². The molecule has 0 spiro atoms. The third kappa shape index (κ3) is 16.2. The molecule has 0 fully saturated rings. The van der Waals surface area contributed by atoms with Gasteiger partial charge < -0.3 is 0 Å². The van der Waals surface area contributed by atoms with Crippen molar-refractivity contribution >= 4 is 0 Å². The first kappa shape index (κ1) is 23.3. The Morgan fingerprint density at radius 2 is 1.25 bits per heavy atom. The average Bonchev–Trinajstić information content (AvgIpc) is 2.52. The van der Waals surface area contributed by atoms with Gasteiger partial charge in [0, 0.05) is 0 Å². The summed E-state index contributed by atoms with van der Waals surface area (Å²) in [5.74, 6) is 0. The van der Waals surface area contributed by atoms with Crippen molar-refractivity contribution < 1.29 is 0 Å². The maximum absolute atomic E-state index is 3.69. The van der Waals surface area contributed by atoms with E-state index in [-0.39, 0.29) is 0 Å². The number of hydrogen-bond acceptors (Lipinski definition) is 0. The molecular formula is C20H32. The van der Waals surface area contributed by atoms with Gasteiger partial charge in [-0.1, -0.05) is 102 Å². The molecule has 0 aromatic rings. The highest BCUT2D eigenvalue weighted by Gasteiger charge is 1.85. The summed E-state index contributed by atoms with van der Waals surface area (Å²) in [7, 11) is 0. The number of rotatable bonds is 6. The second kappa shape index (κ2) is 22.4. The monoisotopic (exact) mass is 272 g/mol. The van der Waals surface area contributed by atoms with Crippen LogP contribution in [-0.2, 0) is 0 Å². The van der Waals surface area contributed by atoms with Crippen LogP contribution in [-0.4, -0.2) is 0 Å². The first-order valence-electron chi connectivity index (χ1n) is 7.37.